The summed E-state index contributed by atoms with van der Waals surface area (Å²) in [6.45, 7) is 0.412. The summed E-state index contributed by atoms with van der Waals surface area (Å²) >= 11 is 6.68. The Morgan fingerprint density at radius 1 is 0.933 bits per heavy atom. The van der Waals surface area contributed by atoms with Gasteiger partial charge in [-0.2, -0.15) is 0 Å². The summed E-state index contributed by atoms with van der Waals surface area (Å²) in [4.78, 5) is 25.9. The Morgan fingerprint density at radius 2 is 1.57 bits per heavy atom. The monoisotopic (exact) mass is 431 g/mol. The van der Waals surface area contributed by atoms with Crippen molar-refractivity contribution in [3.05, 3.63) is 100 Å². The fourth-order valence-corrected chi connectivity index (χ4v) is 4.38. The van der Waals surface area contributed by atoms with Crippen LogP contribution in [0.2, 0.25) is 0 Å². The van der Waals surface area contributed by atoms with E-state index in [0.29, 0.717) is 15.8 Å². The zero-order chi connectivity index (χ0) is 21.1. The summed E-state index contributed by atoms with van der Waals surface area (Å²) < 4.78 is 0.514. The molecule has 0 radical (unpaired) electrons. The first-order valence-electron chi connectivity index (χ1n) is 9.24. The molecule has 148 valence electrons. The van der Waals surface area contributed by atoms with Gasteiger partial charge in [-0.05, 0) is 40.5 Å². The molecule has 6 heteroatoms. The Balaban J connectivity index is 1.48. The van der Waals surface area contributed by atoms with Crippen molar-refractivity contribution < 1.29 is 14.7 Å². The van der Waals surface area contributed by atoms with Crippen LogP contribution in [-0.2, 0) is 11.3 Å². The van der Waals surface area contributed by atoms with E-state index in [9.17, 15) is 9.59 Å². The lowest BCUT2D eigenvalue weighted by Crippen LogP contribution is -2.27. The maximum Gasteiger partial charge on any atom is 0.335 e. The van der Waals surface area contributed by atoms with Crippen molar-refractivity contribution in [2.24, 2.45) is 0 Å². The number of carboxylic acid groups (broad SMARTS) is 1. The highest BCUT2D eigenvalue weighted by atomic mass is 32.2. The van der Waals surface area contributed by atoms with E-state index in [-0.39, 0.29) is 11.5 Å². The van der Waals surface area contributed by atoms with Crippen LogP contribution in [0.15, 0.2) is 83.8 Å². The van der Waals surface area contributed by atoms with Crippen LogP contribution in [0.4, 0.5) is 0 Å². The molecule has 1 amide bonds. The normalized spacial score (nSPS) is 15.1. The van der Waals surface area contributed by atoms with Crippen molar-refractivity contribution in [2.75, 3.05) is 0 Å². The minimum atomic E-state index is -0.980. The van der Waals surface area contributed by atoms with E-state index in [4.69, 9.17) is 17.3 Å². The lowest BCUT2D eigenvalue weighted by atomic mass is 10.0. The second kappa shape index (κ2) is 8.65. The molecule has 0 bridgehead atoms. The Morgan fingerprint density at radius 3 is 2.20 bits per heavy atom. The Bertz CT molecular complexity index is 1140. The first kappa shape index (κ1) is 20.1. The molecule has 0 aliphatic carbocycles. The van der Waals surface area contributed by atoms with Crippen LogP contribution in [0.5, 0.6) is 0 Å². The third kappa shape index (κ3) is 4.35. The summed E-state index contributed by atoms with van der Waals surface area (Å²) in [7, 11) is 0. The maximum atomic E-state index is 12.8. The summed E-state index contributed by atoms with van der Waals surface area (Å²) in [6.07, 6.45) is 1.74. The van der Waals surface area contributed by atoms with Gasteiger partial charge < -0.3 is 5.11 Å². The van der Waals surface area contributed by atoms with Gasteiger partial charge in [0.15, 0.2) is 0 Å². The van der Waals surface area contributed by atoms with Gasteiger partial charge in [0.1, 0.15) is 4.32 Å². The van der Waals surface area contributed by atoms with E-state index in [0.717, 1.165) is 22.3 Å². The molecule has 3 aromatic carbocycles. The van der Waals surface area contributed by atoms with Crippen molar-refractivity contribution >= 4 is 46.3 Å². The summed E-state index contributed by atoms with van der Waals surface area (Å²) in [6, 6.07) is 24.6. The molecule has 0 spiro atoms. The van der Waals surface area contributed by atoms with Gasteiger partial charge in [0.05, 0.1) is 17.0 Å². The smallest absolute Gasteiger partial charge is 0.335 e. The molecule has 1 heterocycles. The highest BCUT2D eigenvalue weighted by Crippen LogP contribution is 2.34. The van der Waals surface area contributed by atoms with Crippen molar-refractivity contribution in [2.45, 2.75) is 6.54 Å². The fraction of sp³-hybridized carbons (Fsp3) is 0.0417. The Hall–Kier alpha value is -3.22. The average molecular weight is 432 g/mol. The van der Waals surface area contributed by atoms with Crippen LogP contribution in [0.25, 0.3) is 17.2 Å². The second-order valence-electron chi connectivity index (χ2n) is 6.76. The lowest BCUT2D eigenvalue weighted by molar-refractivity contribution is -0.122. The van der Waals surface area contributed by atoms with Gasteiger partial charge in [0.2, 0.25) is 0 Å². The Labute approximate surface area is 183 Å². The molecule has 4 rings (SSSR count). The van der Waals surface area contributed by atoms with Gasteiger partial charge >= 0.3 is 5.97 Å². The minimum Gasteiger partial charge on any atom is -0.478 e. The highest BCUT2D eigenvalue weighted by Gasteiger charge is 2.31. The third-order valence-electron chi connectivity index (χ3n) is 4.73. The van der Waals surface area contributed by atoms with E-state index < -0.39 is 5.97 Å². The van der Waals surface area contributed by atoms with E-state index in [1.165, 1.54) is 23.9 Å². The van der Waals surface area contributed by atoms with E-state index in [1.807, 2.05) is 42.5 Å². The third-order valence-corrected chi connectivity index (χ3v) is 6.11. The van der Waals surface area contributed by atoms with Crippen LogP contribution in [0, 0.1) is 0 Å². The first-order valence-corrected chi connectivity index (χ1v) is 10.5. The van der Waals surface area contributed by atoms with E-state index >= 15 is 0 Å². The number of rotatable bonds is 5. The molecule has 0 aromatic heterocycles. The molecule has 1 N–H and O–H groups in total. The number of hydrogen-bond donors (Lipinski definition) is 1. The lowest BCUT2D eigenvalue weighted by Gasteiger charge is -2.15. The van der Waals surface area contributed by atoms with Crippen LogP contribution >= 0.6 is 24.0 Å². The molecule has 1 aliphatic rings. The molecular weight excluding hydrogens is 414 g/mol. The minimum absolute atomic E-state index is 0.139. The van der Waals surface area contributed by atoms with Gasteiger partial charge in [-0.1, -0.05) is 90.7 Å². The van der Waals surface area contributed by atoms with Crippen molar-refractivity contribution in [1.29, 1.82) is 0 Å². The van der Waals surface area contributed by atoms with Crippen molar-refractivity contribution in [1.82, 2.24) is 4.90 Å². The van der Waals surface area contributed by atoms with Gasteiger partial charge in [-0.3, -0.25) is 9.69 Å². The zero-order valence-electron chi connectivity index (χ0n) is 15.8. The largest absolute Gasteiger partial charge is 0.478 e. The quantitative estimate of drug-likeness (QED) is 0.430. The molecule has 1 fully saturated rings. The number of carbonyl (C=O) groups is 2. The molecular formula is C24H17NO3S2. The number of benzene rings is 3. The van der Waals surface area contributed by atoms with Gasteiger partial charge in [-0.25, -0.2) is 4.79 Å². The van der Waals surface area contributed by atoms with Crippen LogP contribution in [0.3, 0.4) is 0 Å². The molecule has 4 nitrogen and oxygen atoms in total. The van der Waals surface area contributed by atoms with E-state index in [1.54, 1.807) is 23.1 Å². The predicted octanol–water partition coefficient (Wildman–Crippen LogP) is 5.45. The highest BCUT2D eigenvalue weighted by molar-refractivity contribution is 8.26. The van der Waals surface area contributed by atoms with Crippen molar-refractivity contribution in [3.8, 4) is 11.1 Å². The number of hydrogen-bond acceptors (Lipinski definition) is 4. The molecule has 30 heavy (non-hydrogen) atoms. The van der Waals surface area contributed by atoms with Crippen molar-refractivity contribution in [3.63, 3.8) is 0 Å². The molecule has 1 aliphatic heterocycles. The number of aromatic carboxylic acids is 1. The summed E-state index contributed by atoms with van der Waals surface area (Å²) in [5.74, 6) is -1.12. The standard InChI is InChI=1S/C24H17NO3S2/c26-22-21(14-16-6-12-20(13-7-16)23(27)28)30-24(29)25(22)15-17-8-10-19(11-9-17)18-4-2-1-3-5-18/h1-14H,15H2,(H,27,28)/b21-14-. The molecule has 1 saturated heterocycles. The number of nitrogens with zero attached hydrogens (tertiary/aromatic N) is 1. The first-order chi connectivity index (χ1) is 14.5. The fourth-order valence-electron chi connectivity index (χ4n) is 3.13. The number of carbonyl (C=O) groups excluding carboxylic acids is 1. The second-order valence-corrected chi connectivity index (χ2v) is 8.43. The molecule has 0 saturated carbocycles. The topological polar surface area (TPSA) is 57.6 Å². The Kier molecular flexibility index (Phi) is 5.79. The maximum absolute atomic E-state index is 12.8. The van der Waals surface area contributed by atoms with Gasteiger partial charge in [0, 0.05) is 0 Å². The van der Waals surface area contributed by atoms with Gasteiger partial charge in [-0.15, -0.1) is 0 Å². The predicted molar refractivity (Wildman–Crippen MR) is 124 cm³/mol. The van der Waals surface area contributed by atoms with Gasteiger partial charge in [0.25, 0.3) is 5.91 Å². The number of carboxylic acids is 1. The van der Waals surface area contributed by atoms with Crippen LogP contribution in [-0.4, -0.2) is 26.2 Å². The molecule has 0 atom stereocenters. The van der Waals surface area contributed by atoms with Crippen LogP contribution < -0.4 is 0 Å². The zero-order valence-corrected chi connectivity index (χ0v) is 17.5. The molecule has 0 unspecified atom stereocenters. The molecule has 3 aromatic rings. The summed E-state index contributed by atoms with van der Waals surface area (Å²) in [5.41, 5.74) is 4.23. The summed E-state index contributed by atoms with van der Waals surface area (Å²) in [5, 5.41) is 9.00. The SMILES string of the molecule is O=C(O)c1ccc(/C=C2\SC(=S)N(Cc3ccc(-c4ccccc4)cc3)C2=O)cc1. The number of thioether (sulfide) groups is 1. The van der Waals surface area contributed by atoms with E-state index in [2.05, 4.69) is 12.1 Å². The number of thiocarbonyl (C=S) groups is 1. The number of amides is 1. The van der Waals surface area contributed by atoms with Crippen LogP contribution in [0.1, 0.15) is 21.5 Å². The average Bonchev–Trinajstić information content (AvgIpc) is 3.02.